The Morgan fingerprint density at radius 1 is 1.26 bits per heavy atom. The monoisotopic (exact) mass is 261 g/mol. The number of nitrogens with two attached hydrogens (primary N) is 1. The van der Waals surface area contributed by atoms with Crippen molar-refractivity contribution in [1.82, 2.24) is 10.2 Å². The number of rotatable bonds is 2. The number of halogens is 1. The van der Waals surface area contributed by atoms with E-state index >= 15 is 0 Å². The largest absolute Gasteiger partial charge is 0.382 e. The summed E-state index contributed by atoms with van der Waals surface area (Å²) in [5.41, 5.74) is 8.04. The summed E-state index contributed by atoms with van der Waals surface area (Å²) < 4.78 is 19.3. The van der Waals surface area contributed by atoms with Gasteiger partial charge in [0.1, 0.15) is 5.82 Å². The van der Waals surface area contributed by atoms with E-state index in [1.165, 1.54) is 6.07 Å². The molecule has 0 radical (unpaired) electrons. The van der Waals surface area contributed by atoms with Crippen molar-refractivity contribution in [3.8, 4) is 11.1 Å². The molecule has 1 aromatic carbocycles. The molecule has 0 bridgehead atoms. The van der Waals surface area contributed by atoms with Crippen LogP contribution in [-0.2, 0) is 4.74 Å². The molecule has 100 valence electrons. The number of anilines is 1. The summed E-state index contributed by atoms with van der Waals surface area (Å²) in [6.45, 7) is 1.45. The van der Waals surface area contributed by atoms with Gasteiger partial charge in [0.05, 0.1) is 0 Å². The van der Waals surface area contributed by atoms with E-state index in [4.69, 9.17) is 10.5 Å². The molecule has 1 saturated heterocycles. The quantitative estimate of drug-likeness (QED) is 0.873. The number of benzene rings is 1. The Labute approximate surface area is 110 Å². The molecule has 0 unspecified atom stereocenters. The Hall–Kier alpha value is -1.88. The van der Waals surface area contributed by atoms with Gasteiger partial charge < -0.3 is 10.5 Å². The third-order valence-electron chi connectivity index (χ3n) is 3.60. The molecule has 1 aliphatic heterocycles. The van der Waals surface area contributed by atoms with Crippen LogP contribution in [0.1, 0.15) is 24.5 Å². The first-order chi connectivity index (χ1) is 9.27. The van der Waals surface area contributed by atoms with Crippen molar-refractivity contribution in [2.24, 2.45) is 0 Å². The Morgan fingerprint density at radius 2 is 2.00 bits per heavy atom. The van der Waals surface area contributed by atoms with E-state index in [1.807, 2.05) is 0 Å². The van der Waals surface area contributed by atoms with Crippen LogP contribution in [0.15, 0.2) is 24.3 Å². The number of aromatic nitrogens is 2. The number of ether oxygens (including phenoxy) is 1. The zero-order valence-corrected chi connectivity index (χ0v) is 10.5. The highest BCUT2D eigenvalue weighted by molar-refractivity contribution is 5.77. The molecule has 2 aromatic rings. The van der Waals surface area contributed by atoms with Crippen molar-refractivity contribution in [1.29, 1.82) is 0 Å². The standard InChI is InChI=1S/C14H16FN3O/c15-11-4-2-1-3-10(11)12-13(17-18-14(12)16)9-5-7-19-8-6-9/h1-4,9H,5-8H2,(H3,16,17,18). The first kappa shape index (κ1) is 12.2. The summed E-state index contributed by atoms with van der Waals surface area (Å²) in [4.78, 5) is 0. The lowest BCUT2D eigenvalue weighted by Crippen LogP contribution is -2.15. The lowest BCUT2D eigenvalue weighted by molar-refractivity contribution is 0.0846. The number of nitrogens with zero attached hydrogens (tertiary/aromatic N) is 1. The molecule has 19 heavy (non-hydrogen) atoms. The van der Waals surface area contributed by atoms with Crippen LogP contribution in [0.4, 0.5) is 10.2 Å². The highest BCUT2D eigenvalue weighted by Gasteiger charge is 2.24. The molecule has 4 nitrogen and oxygen atoms in total. The van der Waals surface area contributed by atoms with Gasteiger partial charge in [-0.3, -0.25) is 5.10 Å². The highest BCUT2D eigenvalue weighted by atomic mass is 19.1. The van der Waals surface area contributed by atoms with Gasteiger partial charge in [0.25, 0.3) is 0 Å². The lowest BCUT2D eigenvalue weighted by atomic mass is 9.91. The van der Waals surface area contributed by atoms with E-state index in [0.29, 0.717) is 22.9 Å². The molecule has 0 saturated carbocycles. The first-order valence-corrected chi connectivity index (χ1v) is 6.43. The molecule has 1 fully saturated rings. The van der Waals surface area contributed by atoms with Crippen LogP contribution in [0.3, 0.4) is 0 Å². The molecule has 0 spiro atoms. The van der Waals surface area contributed by atoms with Gasteiger partial charge in [-0.05, 0) is 18.9 Å². The second-order valence-electron chi connectivity index (χ2n) is 4.76. The van der Waals surface area contributed by atoms with Crippen LogP contribution < -0.4 is 5.73 Å². The van der Waals surface area contributed by atoms with Crippen LogP contribution >= 0.6 is 0 Å². The zero-order valence-electron chi connectivity index (χ0n) is 10.5. The molecule has 3 N–H and O–H groups in total. The molecule has 3 rings (SSSR count). The fourth-order valence-corrected chi connectivity index (χ4v) is 2.60. The molecule has 2 heterocycles. The molecule has 0 atom stereocenters. The van der Waals surface area contributed by atoms with Gasteiger partial charge in [-0.25, -0.2) is 4.39 Å². The van der Waals surface area contributed by atoms with Crippen LogP contribution in [-0.4, -0.2) is 23.4 Å². The van der Waals surface area contributed by atoms with Gasteiger partial charge >= 0.3 is 0 Å². The number of H-pyrrole nitrogens is 1. The second-order valence-corrected chi connectivity index (χ2v) is 4.76. The Kier molecular flexibility index (Phi) is 3.21. The highest BCUT2D eigenvalue weighted by Crippen LogP contribution is 2.37. The van der Waals surface area contributed by atoms with Crippen LogP contribution in [0.5, 0.6) is 0 Å². The lowest BCUT2D eigenvalue weighted by Gasteiger charge is -2.22. The summed E-state index contributed by atoms with van der Waals surface area (Å²) in [6.07, 6.45) is 1.81. The smallest absolute Gasteiger partial charge is 0.153 e. The van der Waals surface area contributed by atoms with Crippen molar-refractivity contribution < 1.29 is 9.13 Å². The van der Waals surface area contributed by atoms with Gasteiger partial charge in [-0.1, -0.05) is 18.2 Å². The first-order valence-electron chi connectivity index (χ1n) is 6.43. The third-order valence-corrected chi connectivity index (χ3v) is 3.60. The van der Waals surface area contributed by atoms with Gasteiger partial charge in [-0.15, -0.1) is 0 Å². The number of aromatic amines is 1. The van der Waals surface area contributed by atoms with Gasteiger partial charge in [-0.2, -0.15) is 5.10 Å². The number of nitrogens with one attached hydrogen (secondary N) is 1. The van der Waals surface area contributed by atoms with E-state index in [2.05, 4.69) is 10.2 Å². The number of nitrogen functional groups attached to an aromatic ring is 1. The number of hydrogen-bond donors (Lipinski definition) is 2. The summed E-state index contributed by atoms with van der Waals surface area (Å²) in [6, 6.07) is 6.65. The maximum absolute atomic E-state index is 14.0. The zero-order chi connectivity index (χ0) is 13.2. The molecule has 0 amide bonds. The van der Waals surface area contributed by atoms with Crippen molar-refractivity contribution in [3.05, 3.63) is 35.8 Å². The van der Waals surface area contributed by atoms with E-state index in [-0.39, 0.29) is 5.82 Å². The summed E-state index contributed by atoms with van der Waals surface area (Å²) >= 11 is 0. The molecule has 0 aliphatic carbocycles. The van der Waals surface area contributed by atoms with Gasteiger partial charge in [0, 0.05) is 36.0 Å². The van der Waals surface area contributed by atoms with Crippen molar-refractivity contribution in [3.63, 3.8) is 0 Å². The SMILES string of the molecule is Nc1n[nH]c(C2CCOCC2)c1-c1ccccc1F. The van der Waals surface area contributed by atoms with Crippen LogP contribution in [0, 0.1) is 5.82 Å². The Balaban J connectivity index is 2.06. The maximum atomic E-state index is 14.0. The minimum Gasteiger partial charge on any atom is -0.382 e. The van der Waals surface area contributed by atoms with E-state index in [9.17, 15) is 4.39 Å². The van der Waals surface area contributed by atoms with Crippen molar-refractivity contribution >= 4 is 5.82 Å². The molecular weight excluding hydrogens is 245 g/mol. The topological polar surface area (TPSA) is 63.9 Å². The summed E-state index contributed by atoms with van der Waals surface area (Å²) in [5, 5.41) is 7.03. The maximum Gasteiger partial charge on any atom is 0.153 e. The average Bonchev–Trinajstić information content (AvgIpc) is 2.82. The predicted octanol–water partition coefficient (Wildman–Crippen LogP) is 2.69. The predicted molar refractivity (Wildman–Crippen MR) is 71.2 cm³/mol. The fraction of sp³-hybridized carbons (Fsp3) is 0.357. The molecular formula is C14H16FN3O. The number of hydrogen-bond acceptors (Lipinski definition) is 3. The van der Waals surface area contributed by atoms with Gasteiger partial charge in [0.2, 0.25) is 0 Å². The summed E-state index contributed by atoms with van der Waals surface area (Å²) in [5.74, 6) is 0.378. The third kappa shape index (κ3) is 2.21. The van der Waals surface area contributed by atoms with Gasteiger partial charge in [0.15, 0.2) is 5.82 Å². The fourth-order valence-electron chi connectivity index (χ4n) is 2.60. The molecule has 1 aromatic heterocycles. The average molecular weight is 261 g/mol. The van der Waals surface area contributed by atoms with Crippen molar-refractivity contribution in [2.45, 2.75) is 18.8 Å². The minimum atomic E-state index is -0.274. The molecule has 5 heteroatoms. The Morgan fingerprint density at radius 3 is 2.74 bits per heavy atom. The van der Waals surface area contributed by atoms with E-state index in [0.717, 1.165) is 31.7 Å². The second kappa shape index (κ2) is 5.01. The molecule has 1 aliphatic rings. The van der Waals surface area contributed by atoms with E-state index in [1.54, 1.807) is 18.2 Å². The summed E-state index contributed by atoms with van der Waals surface area (Å²) in [7, 11) is 0. The normalized spacial score (nSPS) is 16.7. The Bertz CT molecular complexity index is 576. The van der Waals surface area contributed by atoms with E-state index < -0.39 is 0 Å². The van der Waals surface area contributed by atoms with Crippen LogP contribution in [0.25, 0.3) is 11.1 Å². The van der Waals surface area contributed by atoms with Crippen molar-refractivity contribution in [2.75, 3.05) is 18.9 Å². The minimum absolute atomic E-state index is 0.274. The van der Waals surface area contributed by atoms with Crippen LogP contribution in [0.2, 0.25) is 0 Å².